The standard InChI is InChI=1S/C13H10BrClN4S/c1-6-4-8-11(18-13(16)19-12(8)20-6)17-10-5-7(15)2-3-9(10)14/h2-5H,1H3,(H3,16,17,18,19). The number of nitrogen functional groups attached to an aromatic ring is 1. The van der Waals surface area contributed by atoms with Crippen LogP contribution < -0.4 is 11.1 Å². The van der Waals surface area contributed by atoms with E-state index in [9.17, 15) is 0 Å². The van der Waals surface area contributed by atoms with Crippen molar-refractivity contribution in [2.45, 2.75) is 6.92 Å². The summed E-state index contributed by atoms with van der Waals surface area (Å²) in [5.74, 6) is 0.930. The number of nitrogens with two attached hydrogens (primary N) is 1. The first kappa shape index (κ1) is 13.6. The fraction of sp³-hybridized carbons (Fsp3) is 0.0769. The lowest BCUT2D eigenvalue weighted by atomic mass is 10.3. The highest BCUT2D eigenvalue weighted by Gasteiger charge is 2.11. The minimum absolute atomic E-state index is 0.250. The Balaban J connectivity index is 2.12. The molecule has 102 valence electrons. The van der Waals surface area contributed by atoms with E-state index in [1.54, 1.807) is 11.3 Å². The van der Waals surface area contributed by atoms with Crippen LogP contribution in [0.4, 0.5) is 17.5 Å². The zero-order valence-electron chi connectivity index (χ0n) is 10.4. The van der Waals surface area contributed by atoms with E-state index in [0.29, 0.717) is 10.8 Å². The molecule has 0 aliphatic heterocycles. The fourth-order valence-corrected chi connectivity index (χ4v) is 3.28. The molecule has 0 aliphatic carbocycles. The van der Waals surface area contributed by atoms with Crippen molar-refractivity contribution in [3.8, 4) is 0 Å². The van der Waals surface area contributed by atoms with E-state index in [1.165, 1.54) is 0 Å². The van der Waals surface area contributed by atoms with Crippen LogP contribution in [0.25, 0.3) is 10.2 Å². The summed E-state index contributed by atoms with van der Waals surface area (Å²) in [5.41, 5.74) is 6.60. The second kappa shape index (κ2) is 5.20. The molecular weight excluding hydrogens is 360 g/mol. The summed E-state index contributed by atoms with van der Waals surface area (Å²) in [6.07, 6.45) is 0. The first-order valence-electron chi connectivity index (χ1n) is 5.78. The molecule has 0 amide bonds. The number of thiophene rings is 1. The van der Waals surface area contributed by atoms with Crippen molar-refractivity contribution in [1.82, 2.24) is 9.97 Å². The van der Waals surface area contributed by atoms with Crippen LogP contribution in [0.2, 0.25) is 5.02 Å². The van der Waals surface area contributed by atoms with Gasteiger partial charge in [-0.25, -0.2) is 4.98 Å². The average molecular weight is 370 g/mol. The molecule has 0 spiro atoms. The third kappa shape index (κ3) is 2.59. The van der Waals surface area contributed by atoms with Gasteiger partial charge in [0.1, 0.15) is 10.6 Å². The van der Waals surface area contributed by atoms with Gasteiger partial charge >= 0.3 is 0 Å². The first-order valence-corrected chi connectivity index (χ1v) is 7.77. The fourth-order valence-electron chi connectivity index (χ4n) is 1.87. The van der Waals surface area contributed by atoms with Gasteiger partial charge in [0.05, 0.1) is 11.1 Å². The minimum atomic E-state index is 0.250. The topological polar surface area (TPSA) is 63.8 Å². The third-order valence-electron chi connectivity index (χ3n) is 2.71. The monoisotopic (exact) mass is 368 g/mol. The maximum absolute atomic E-state index is 6.02. The number of halogens is 2. The minimum Gasteiger partial charge on any atom is -0.368 e. The second-order valence-electron chi connectivity index (χ2n) is 4.26. The summed E-state index contributed by atoms with van der Waals surface area (Å²) < 4.78 is 0.902. The van der Waals surface area contributed by atoms with Gasteiger partial charge in [0.25, 0.3) is 0 Å². The molecule has 7 heteroatoms. The van der Waals surface area contributed by atoms with E-state index in [2.05, 4.69) is 31.2 Å². The van der Waals surface area contributed by atoms with Crippen LogP contribution in [0, 0.1) is 6.92 Å². The summed E-state index contributed by atoms with van der Waals surface area (Å²) in [6, 6.07) is 7.57. The number of nitrogens with zero attached hydrogens (tertiary/aromatic N) is 2. The number of aryl methyl sites for hydroxylation is 1. The zero-order chi connectivity index (χ0) is 14.3. The number of anilines is 3. The van der Waals surface area contributed by atoms with E-state index < -0.39 is 0 Å². The van der Waals surface area contributed by atoms with Crippen molar-refractivity contribution in [3.63, 3.8) is 0 Å². The van der Waals surface area contributed by atoms with Gasteiger partial charge in [-0.1, -0.05) is 11.6 Å². The Morgan fingerprint density at radius 1 is 1.30 bits per heavy atom. The summed E-state index contributed by atoms with van der Waals surface area (Å²) in [6.45, 7) is 2.03. The van der Waals surface area contributed by atoms with Crippen molar-refractivity contribution in [1.29, 1.82) is 0 Å². The molecule has 0 atom stereocenters. The molecule has 1 aromatic carbocycles. The smallest absolute Gasteiger partial charge is 0.223 e. The van der Waals surface area contributed by atoms with Crippen LogP contribution in [0.1, 0.15) is 4.88 Å². The summed E-state index contributed by atoms with van der Waals surface area (Å²) in [5, 5.41) is 4.86. The molecule has 0 radical (unpaired) electrons. The maximum Gasteiger partial charge on any atom is 0.223 e. The molecular formula is C13H10BrClN4S. The van der Waals surface area contributed by atoms with E-state index in [-0.39, 0.29) is 5.95 Å². The van der Waals surface area contributed by atoms with Gasteiger partial charge in [0.2, 0.25) is 5.95 Å². The number of benzene rings is 1. The molecule has 0 aliphatic rings. The Kier molecular flexibility index (Phi) is 3.54. The number of nitrogens with one attached hydrogen (secondary N) is 1. The van der Waals surface area contributed by atoms with Crippen LogP contribution >= 0.6 is 38.9 Å². The van der Waals surface area contributed by atoms with Gasteiger partial charge < -0.3 is 11.1 Å². The second-order valence-corrected chi connectivity index (χ2v) is 6.78. The first-order chi connectivity index (χ1) is 9.52. The zero-order valence-corrected chi connectivity index (χ0v) is 13.6. The lowest BCUT2D eigenvalue weighted by Crippen LogP contribution is -2.00. The molecule has 0 saturated heterocycles. The van der Waals surface area contributed by atoms with E-state index in [1.807, 2.05) is 31.2 Å². The highest BCUT2D eigenvalue weighted by molar-refractivity contribution is 9.10. The van der Waals surface area contributed by atoms with Crippen molar-refractivity contribution in [3.05, 3.63) is 38.6 Å². The number of hydrogen-bond donors (Lipinski definition) is 2. The summed E-state index contributed by atoms with van der Waals surface area (Å²) in [4.78, 5) is 10.6. The molecule has 0 unspecified atom stereocenters. The highest BCUT2D eigenvalue weighted by Crippen LogP contribution is 2.33. The van der Waals surface area contributed by atoms with Crippen molar-refractivity contribution in [2.75, 3.05) is 11.1 Å². The Morgan fingerprint density at radius 2 is 2.10 bits per heavy atom. The highest BCUT2D eigenvalue weighted by atomic mass is 79.9. The van der Waals surface area contributed by atoms with Crippen LogP contribution in [0.3, 0.4) is 0 Å². The number of hydrogen-bond acceptors (Lipinski definition) is 5. The van der Waals surface area contributed by atoms with Crippen LogP contribution in [0.15, 0.2) is 28.7 Å². The maximum atomic E-state index is 6.02. The number of aromatic nitrogens is 2. The molecule has 2 aromatic heterocycles. The van der Waals surface area contributed by atoms with Crippen molar-refractivity contribution >= 4 is 66.5 Å². The molecule has 4 nitrogen and oxygen atoms in total. The Labute approximate surface area is 133 Å². The average Bonchev–Trinajstić information content (AvgIpc) is 2.74. The van der Waals surface area contributed by atoms with Crippen molar-refractivity contribution < 1.29 is 0 Å². The normalized spacial score (nSPS) is 10.9. The van der Waals surface area contributed by atoms with Crippen LogP contribution in [-0.4, -0.2) is 9.97 Å². The summed E-state index contributed by atoms with van der Waals surface area (Å²) >= 11 is 11.1. The van der Waals surface area contributed by atoms with Crippen LogP contribution in [-0.2, 0) is 0 Å². The van der Waals surface area contributed by atoms with E-state index in [4.69, 9.17) is 17.3 Å². The third-order valence-corrected chi connectivity index (χ3v) is 4.59. The van der Waals surface area contributed by atoms with Gasteiger partial charge in [0, 0.05) is 14.4 Å². The van der Waals surface area contributed by atoms with Gasteiger partial charge in [-0.3, -0.25) is 0 Å². The Bertz CT molecular complexity index is 802. The number of rotatable bonds is 2. The molecule has 2 heterocycles. The lowest BCUT2D eigenvalue weighted by molar-refractivity contribution is 1.24. The molecule has 20 heavy (non-hydrogen) atoms. The SMILES string of the molecule is Cc1cc2c(Nc3cc(Cl)ccc3Br)nc(N)nc2s1. The molecule has 0 saturated carbocycles. The number of fused-ring (bicyclic) bond motifs is 1. The van der Waals surface area contributed by atoms with Gasteiger partial charge in [-0.2, -0.15) is 4.98 Å². The van der Waals surface area contributed by atoms with Gasteiger partial charge in [-0.05, 0) is 47.1 Å². The summed E-state index contributed by atoms with van der Waals surface area (Å²) in [7, 11) is 0. The van der Waals surface area contributed by atoms with Gasteiger partial charge in [0.15, 0.2) is 0 Å². The molecule has 3 N–H and O–H groups in total. The largest absolute Gasteiger partial charge is 0.368 e. The molecule has 0 fully saturated rings. The van der Waals surface area contributed by atoms with Crippen LogP contribution in [0.5, 0.6) is 0 Å². The Hall–Kier alpha value is -1.37. The molecule has 0 bridgehead atoms. The quantitative estimate of drug-likeness (QED) is 0.684. The lowest BCUT2D eigenvalue weighted by Gasteiger charge is -2.09. The molecule has 3 aromatic rings. The predicted molar refractivity (Wildman–Crippen MR) is 89.0 cm³/mol. The predicted octanol–water partition coefficient (Wildman–Crippen LogP) is 4.74. The van der Waals surface area contributed by atoms with E-state index >= 15 is 0 Å². The Morgan fingerprint density at radius 3 is 2.90 bits per heavy atom. The van der Waals surface area contributed by atoms with Gasteiger partial charge in [-0.15, -0.1) is 11.3 Å². The van der Waals surface area contributed by atoms with E-state index in [0.717, 1.165) is 25.3 Å². The van der Waals surface area contributed by atoms with Crippen molar-refractivity contribution in [2.24, 2.45) is 0 Å². The molecule has 3 rings (SSSR count).